The van der Waals surface area contributed by atoms with Crippen LogP contribution in [0.3, 0.4) is 0 Å². The fourth-order valence-corrected chi connectivity index (χ4v) is 3.66. The van der Waals surface area contributed by atoms with Crippen molar-refractivity contribution in [1.29, 1.82) is 0 Å². The summed E-state index contributed by atoms with van der Waals surface area (Å²) >= 11 is 0. The standard InChI is InChI=1S/C25H22N4O2.ClH/c1-16-10-18-11-19(8-9-21(18)28-16)29-25-20-12-23(30-2)24(13-22(20)26-15-27-25)31-14-17-6-4-3-5-7-17;/h3-13,15,28H,14H2,1-2H3,(H,26,27,29);1H. The minimum Gasteiger partial charge on any atom is -0.493 e. The summed E-state index contributed by atoms with van der Waals surface area (Å²) in [7, 11) is 1.63. The highest BCUT2D eigenvalue weighted by atomic mass is 35.5. The third-order valence-corrected chi connectivity index (χ3v) is 5.18. The van der Waals surface area contributed by atoms with Gasteiger partial charge < -0.3 is 19.8 Å². The number of benzene rings is 3. The van der Waals surface area contributed by atoms with Gasteiger partial charge in [0.15, 0.2) is 11.5 Å². The Hall–Kier alpha value is -3.77. The molecule has 32 heavy (non-hydrogen) atoms. The van der Waals surface area contributed by atoms with E-state index >= 15 is 0 Å². The predicted octanol–water partition coefficient (Wildman–Crippen LogP) is 6.17. The molecule has 0 amide bonds. The van der Waals surface area contributed by atoms with E-state index in [9.17, 15) is 0 Å². The van der Waals surface area contributed by atoms with Crippen molar-refractivity contribution >= 4 is 45.7 Å². The molecule has 0 fully saturated rings. The van der Waals surface area contributed by atoms with Gasteiger partial charge in [-0.15, -0.1) is 12.4 Å². The number of ether oxygens (including phenoxy) is 2. The fraction of sp³-hybridized carbons (Fsp3) is 0.120. The van der Waals surface area contributed by atoms with Crippen molar-refractivity contribution in [1.82, 2.24) is 15.0 Å². The predicted molar refractivity (Wildman–Crippen MR) is 130 cm³/mol. The van der Waals surface area contributed by atoms with Gasteiger partial charge >= 0.3 is 0 Å². The van der Waals surface area contributed by atoms with E-state index in [1.807, 2.05) is 48.5 Å². The lowest BCUT2D eigenvalue weighted by Crippen LogP contribution is -2.00. The molecule has 0 atom stereocenters. The normalized spacial score (nSPS) is 10.7. The number of anilines is 2. The van der Waals surface area contributed by atoms with Gasteiger partial charge in [-0.25, -0.2) is 9.97 Å². The Morgan fingerprint density at radius 2 is 1.78 bits per heavy atom. The quantitative estimate of drug-likeness (QED) is 0.326. The Morgan fingerprint density at radius 3 is 2.59 bits per heavy atom. The number of fused-ring (bicyclic) bond motifs is 2. The number of hydrogen-bond acceptors (Lipinski definition) is 5. The first-order chi connectivity index (χ1) is 15.2. The van der Waals surface area contributed by atoms with E-state index in [4.69, 9.17) is 9.47 Å². The largest absolute Gasteiger partial charge is 0.493 e. The molecule has 0 aliphatic carbocycles. The molecule has 7 heteroatoms. The molecule has 162 valence electrons. The summed E-state index contributed by atoms with van der Waals surface area (Å²) in [6, 6.07) is 22.1. The van der Waals surface area contributed by atoms with Gasteiger partial charge in [0, 0.05) is 33.7 Å². The number of hydrogen-bond donors (Lipinski definition) is 2. The molecule has 5 rings (SSSR count). The highest BCUT2D eigenvalue weighted by Gasteiger charge is 2.12. The van der Waals surface area contributed by atoms with E-state index in [1.54, 1.807) is 13.4 Å². The smallest absolute Gasteiger partial charge is 0.163 e. The van der Waals surface area contributed by atoms with E-state index in [2.05, 4.69) is 45.4 Å². The molecular formula is C25H23ClN4O2. The molecule has 2 heterocycles. The molecule has 6 nitrogen and oxygen atoms in total. The van der Waals surface area contributed by atoms with Crippen molar-refractivity contribution in [2.24, 2.45) is 0 Å². The van der Waals surface area contributed by atoms with Crippen molar-refractivity contribution in [3.8, 4) is 11.5 Å². The SMILES string of the molecule is COc1cc2c(Nc3ccc4[nH]c(C)cc4c3)ncnc2cc1OCc1ccccc1.Cl. The Morgan fingerprint density at radius 1 is 0.938 bits per heavy atom. The molecule has 0 radical (unpaired) electrons. The van der Waals surface area contributed by atoms with E-state index in [-0.39, 0.29) is 12.4 Å². The van der Waals surface area contributed by atoms with E-state index in [0.29, 0.717) is 23.9 Å². The zero-order valence-electron chi connectivity index (χ0n) is 17.8. The maximum atomic E-state index is 6.02. The minimum absolute atomic E-state index is 0. The van der Waals surface area contributed by atoms with E-state index < -0.39 is 0 Å². The van der Waals surface area contributed by atoms with Gasteiger partial charge in [-0.1, -0.05) is 30.3 Å². The van der Waals surface area contributed by atoms with Crippen LogP contribution in [0.25, 0.3) is 21.8 Å². The van der Waals surface area contributed by atoms with Gasteiger partial charge in [-0.05, 0) is 42.8 Å². The van der Waals surface area contributed by atoms with Gasteiger partial charge in [0.25, 0.3) is 0 Å². The molecule has 0 aliphatic heterocycles. The Kier molecular flexibility index (Phi) is 6.14. The van der Waals surface area contributed by atoms with E-state index in [1.165, 1.54) is 0 Å². The van der Waals surface area contributed by atoms with Gasteiger partial charge in [0.2, 0.25) is 0 Å². The molecule has 2 N–H and O–H groups in total. The molecule has 2 aromatic heterocycles. The van der Waals surface area contributed by atoms with Crippen LogP contribution >= 0.6 is 12.4 Å². The maximum absolute atomic E-state index is 6.02. The van der Waals surface area contributed by atoms with E-state index in [0.717, 1.165) is 38.8 Å². The number of methoxy groups -OCH3 is 1. The van der Waals surface area contributed by atoms with Gasteiger partial charge in [-0.2, -0.15) is 0 Å². The van der Waals surface area contributed by atoms with Crippen molar-refractivity contribution in [3.05, 3.63) is 84.3 Å². The zero-order chi connectivity index (χ0) is 21.2. The molecule has 0 bridgehead atoms. The highest BCUT2D eigenvalue weighted by molar-refractivity contribution is 5.94. The van der Waals surface area contributed by atoms with Crippen LogP contribution in [0.5, 0.6) is 11.5 Å². The third kappa shape index (κ3) is 4.31. The average Bonchev–Trinajstić information content (AvgIpc) is 3.17. The van der Waals surface area contributed by atoms with Crippen LogP contribution in [0.4, 0.5) is 11.5 Å². The number of H-pyrrole nitrogens is 1. The zero-order valence-corrected chi connectivity index (χ0v) is 18.6. The van der Waals surface area contributed by atoms with Crippen molar-refractivity contribution in [2.45, 2.75) is 13.5 Å². The monoisotopic (exact) mass is 446 g/mol. The van der Waals surface area contributed by atoms with Gasteiger partial charge in [0.1, 0.15) is 18.8 Å². The molecule has 0 saturated carbocycles. The summed E-state index contributed by atoms with van der Waals surface area (Å²) in [5.74, 6) is 2.00. The number of aromatic nitrogens is 3. The number of aromatic amines is 1. The first-order valence-corrected chi connectivity index (χ1v) is 10.1. The fourth-order valence-electron chi connectivity index (χ4n) is 3.66. The summed E-state index contributed by atoms with van der Waals surface area (Å²) < 4.78 is 11.6. The second-order valence-electron chi connectivity index (χ2n) is 7.40. The molecule has 0 spiro atoms. The Bertz CT molecular complexity index is 1370. The van der Waals surface area contributed by atoms with Crippen LogP contribution in [-0.2, 0) is 6.61 Å². The van der Waals surface area contributed by atoms with Crippen LogP contribution in [-0.4, -0.2) is 22.1 Å². The second-order valence-corrected chi connectivity index (χ2v) is 7.40. The number of nitrogens with one attached hydrogen (secondary N) is 2. The van der Waals surface area contributed by atoms with Crippen LogP contribution in [0.1, 0.15) is 11.3 Å². The molecule has 0 unspecified atom stereocenters. The molecule has 3 aromatic carbocycles. The summed E-state index contributed by atoms with van der Waals surface area (Å²) in [5.41, 5.74) is 5.06. The first kappa shape index (κ1) is 21.5. The number of aryl methyl sites for hydroxylation is 1. The molecular weight excluding hydrogens is 424 g/mol. The Balaban J connectivity index is 0.00000245. The van der Waals surface area contributed by atoms with Crippen molar-refractivity contribution in [2.75, 3.05) is 12.4 Å². The summed E-state index contributed by atoms with van der Waals surface area (Å²) in [5, 5.41) is 5.42. The summed E-state index contributed by atoms with van der Waals surface area (Å²) in [6.07, 6.45) is 1.55. The third-order valence-electron chi connectivity index (χ3n) is 5.18. The van der Waals surface area contributed by atoms with Crippen LogP contribution in [0, 0.1) is 6.92 Å². The average molecular weight is 447 g/mol. The summed E-state index contributed by atoms with van der Waals surface area (Å²) in [6.45, 7) is 2.50. The Labute approximate surface area is 192 Å². The van der Waals surface area contributed by atoms with Gasteiger partial charge in [0.05, 0.1) is 12.6 Å². The van der Waals surface area contributed by atoms with Gasteiger partial charge in [-0.3, -0.25) is 0 Å². The highest BCUT2D eigenvalue weighted by Crippen LogP contribution is 2.35. The lowest BCUT2D eigenvalue weighted by atomic mass is 10.2. The number of rotatable bonds is 6. The van der Waals surface area contributed by atoms with Crippen LogP contribution in [0.2, 0.25) is 0 Å². The number of halogens is 1. The minimum atomic E-state index is 0. The first-order valence-electron chi connectivity index (χ1n) is 10.1. The lowest BCUT2D eigenvalue weighted by molar-refractivity contribution is 0.285. The van der Waals surface area contributed by atoms with Crippen LogP contribution in [0.15, 0.2) is 73.1 Å². The topological polar surface area (TPSA) is 72.1 Å². The summed E-state index contributed by atoms with van der Waals surface area (Å²) in [4.78, 5) is 12.2. The molecule has 0 saturated heterocycles. The van der Waals surface area contributed by atoms with Crippen molar-refractivity contribution < 1.29 is 9.47 Å². The van der Waals surface area contributed by atoms with Crippen LogP contribution < -0.4 is 14.8 Å². The second kappa shape index (κ2) is 9.16. The van der Waals surface area contributed by atoms with Crippen molar-refractivity contribution in [3.63, 3.8) is 0 Å². The molecule has 5 aromatic rings. The molecule has 0 aliphatic rings. The lowest BCUT2D eigenvalue weighted by Gasteiger charge is -2.14. The number of nitrogens with zero attached hydrogens (tertiary/aromatic N) is 2. The maximum Gasteiger partial charge on any atom is 0.163 e.